The Hall–Kier alpha value is -0.820. The van der Waals surface area contributed by atoms with Crippen molar-refractivity contribution in [2.75, 3.05) is 0 Å². The Balaban J connectivity index is 1.65. The molecule has 0 saturated heterocycles. The normalized spacial score (nSPS) is 25.8. The number of aryl methyl sites for hydroxylation is 1. The molecule has 1 saturated carbocycles. The maximum absolute atomic E-state index is 6.61. The van der Waals surface area contributed by atoms with Gasteiger partial charge in [0.2, 0.25) is 0 Å². The third kappa shape index (κ3) is 3.25. The summed E-state index contributed by atoms with van der Waals surface area (Å²) in [4.78, 5) is 0. The summed E-state index contributed by atoms with van der Waals surface area (Å²) in [6.07, 6.45) is 13.6. The van der Waals surface area contributed by atoms with Crippen LogP contribution < -0.4 is 5.73 Å². The average molecular weight is 271 g/mol. The number of benzene rings is 1. The molecular weight excluding hydrogens is 242 g/mol. The molecule has 110 valence electrons. The van der Waals surface area contributed by atoms with E-state index in [1.807, 2.05) is 0 Å². The van der Waals surface area contributed by atoms with Crippen LogP contribution in [-0.2, 0) is 6.42 Å². The lowest BCUT2D eigenvalue weighted by Crippen LogP contribution is -2.32. The van der Waals surface area contributed by atoms with Gasteiger partial charge in [0.05, 0.1) is 0 Å². The molecule has 1 aromatic carbocycles. The molecule has 0 heterocycles. The molecule has 0 bridgehead atoms. The van der Waals surface area contributed by atoms with Crippen molar-refractivity contribution in [3.05, 3.63) is 35.4 Å². The summed E-state index contributed by atoms with van der Waals surface area (Å²) in [5, 5.41) is 0. The van der Waals surface area contributed by atoms with Crippen LogP contribution in [0.3, 0.4) is 0 Å². The van der Waals surface area contributed by atoms with Crippen molar-refractivity contribution in [2.24, 2.45) is 11.7 Å². The maximum atomic E-state index is 6.61. The zero-order valence-electron chi connectivity index (χ0n) is 12.7. The molecule has 2 aliphatic carbocycles. The Morgan fingerprint density at radius 3 is 2.50 bits per heavy atom. The van der Waals surface area contributed by atoms with E-state index in [0.29, 0.717) is 6.04 Å². The second kappa shape index (κ2) is 6.76. The molecule has 2 aliphatic rings. The highest BCUT2D eigenvalue weighted by Gasteiger charge is 2.26. The van der Waals surface area contributed by atoms with Crippen molar-refractivity contribution in [3.8, 4) is 0 Å². The molecule has 1 heteroatoms. The van der Waals surface area contributed by atoms with Crippen LogP contribution in [0, 0.1) is 5.92 Å². The largest absolute Gasteiger partial charge is 0.327 e. The van der Waals surface area contributed by atoms with Crippen LogP contribution in [0.4, 0.5) is 0 Å². The molecule has 2 N–H and O–H groups in total. The second-order valence-corrected chi connectivity index (χ2v) is 6.94. The Labute approximate surface area is 124 Å². The third-order valence-electron chi connectivity index (χ3n) is 5.56. The summed E-state index contributed by atoms with van der Waals surface area (Å²) in [5.41, 5.74) is 9.79. The van der Waals surface area contributed by atoms with Gasteiger partial charge in [-0.1, -0.05) is 49.9 Å². The molecule has 1 nitrogen and oxygen atoms in total. The Bertz CT molecular complexity index is 418. The summed E-state index contributed by atoms with van der Waals surface area (Å²) in [6.45, 7) is 0. The maximum Gasteiger partial charge on any atom is 0.00729 e. The first-order valence-electron chi connectivity index (χ1n) is 8.68. The molecule has 3 rings (SSSR count). The van der Waals surface area contributed by atoms with Gasteiger partial charge in [-0.05, 0) is 61.5 Å². The molecule has 20 heavy (non-hydrogen) atoms. The Morgan fingerprint density at radius 2 is 1.70 bits per heavy atom. The van der Waals surface area contributed by atoms with E-state index in [2.05, 4.69) is 24.3 Å². The van der Waals surface area contributed by atoms with E-state index in [0.717, 1.165) is 11.8 Å². The lowest BCUT2D eigenvalue weighted by Gasteiger charge is -2.31. The molecule has 2 unspecified atom stereocenters. The van der Waals surface area contributed by atoms with Gasteiger partial charge in [0.25, 0.3) is 0 Å². The van der Waals surface area contributed by atoms with Crippen molar-refractivity contribution in [2.45, 2.75) is 76.2 Å². The molecule has 1 fully saturated rings. The first-order valence-corrected chi connectivity index (χ1v) is 8.68. The molecule has 0 aliphatic heterocycles. The fraction of sp³-hybridized carbons (Fsp3) is 0.684. The summed E-state index contributed by atoms with van der Waals surface area (Å²) >= 11 is 0. The monoisotopic (exact) mass is 271 g/mol. The van der Waals surface area contributed by atoms with Crippen LogP contribution >= 0.6 is 0 Å². The van der Waals surface area contributed by atoms with Gasteiger partial charge in [-0.15, -0.1) is 0 Å². The van der Waals surface area contributed by atoms with Gasteiger partial charge in [0.1, 0.15) is 0 Å². The lowest BCUT2D eigenvalue weighted by molar-refractivity contribution is 0.330. The quantitative estimate of drug-likeness (QED) is 0.786. The number of nitrogens with two attached hydrogens (primary N) is 1. The fourth-order valence-corrected chi connectivity index (χ4v) is 4.36. The van der Waals surface area contributed by atoms with Gasteiger partial charge in [-0.3, -0.25) is 0 Å². The standard InChI is InChI=1S/C19H29N/c20-19(16-9-3-1-2-4-10-16)14-17-12-7-11-15-8-5-6-13-18(15)17/h5-6,8,13,16-17,19H,1-4,7,9-12,14,20H2. The number of rotatable bonds is 3. The summed E-state index contributed by atoms with van der Waals surface area (Å²) in [7, 11) is 0. The smallest absolute Gasteiger partial charge is 0.00729 e. The fourth-order valence-electron chi connectivity index (χ4n) is 4.36. The minimum absolute atomic E-state index is 0.421. The Kier molecular flexibility index (Phi) is 4.77. The number of hydrogen-bond acceptors (Lipinski definition) is 1. The zero-order chi connectivity index (χ0) is 13.8. The number of fused-ring (bicyclic) bond motifs is 1. The predicted molar refractivity (Wildman–Crippen MR) is 85.9 cm³/mol. The van der Waals surface area contributed by atoms with E-state index >= 15 is 0 Å². The summed E-state index contributed by atoms with van der Waals surface area (Å²) < 4.78 is 0. The van der Waals surface area contributed by atoms with E-state index in [1.165, 1.54) is 64.2 Å². The van der Waals surface area contributed by atoms with Crippen molar-refractivity contribution in [1.29, 1.82) is 0 Å². The SMILES string of the molecule is NC(CC1CCCc2ccccc21)C1CCCCCC1. The van der Waals surface area contributed by atoms with E-state index in [1.54, 1.807) is 11.1 Å². The lowest BCUT2D eigenvalue weighted by atomic mass is 9.77. The van der Waals surface area contributed by atoms with Gasteiger partial charge < -0.3 is 5.73 Å². The Morgan fingerprint density at radius 1 is 0.950 bits per heavy atom. The van der Waals surface area contributed by atoms with Crippen LogP contribution in [0.2, 0.25) is 0 Å². The molecule has 0 radical (unpaired) electrons. The zero-order valence-corrected chi connectivity index (χ0v) is 12.7. The third-order valence-corrected chi connectivity index (χ3v) is 5.56. The summed E-state index contributed by atoms with van der Waals surface area (Å²) in [5.74, 6) is 1.50. The molecule has 1 aromatic rings. The van der Waals surface area contributed by atoms with E-state index < -0.39 is 0 Å². The van der Waals surface area contributed by atoms with Crippen LogP contribution in [0.1, 0.15) is 74.8 Å². The first kappa shape index (κ1) is 14.1. The highest BCUT2D eigenvalue weighted by Crippen LogP contribution is 2.37. The van der Waals surface area contributed by atoms with Gasteiger partial charge in [-0.25, -0.2) is 0 Å². The molecule has 2 atom stereocenters. The molecule has 0 aromatic heterocycles. The summed E-state index contributed by atoms with van der Waals surface area (Å²) in [6, 6.07) is 9.47. The highest BCUT2D eigenvalue weighted by atomic mass is 14.7. The van der Waals surface area contributed by atoms with E-state index in [9.17, 15) is 0 Å². The molecule has 0 spiro atoms. The highest BCUT2D eigenvalue weighted by molar-refractivity contribution is 5.32. The first-order chi connectivity index (χ1) is 9.84. The van der Waals surface area contributed by atoms with Gasteiger partial charge in [-0.2, -0.15) is 0 Å². The van der Waals surface area contributed by atoms with E-state index in [-0.39, 0.29) is 0 Å². The van der Waals surface area contributed by atoms with Gasteiger partial charge in [0.15, 0.2) is 0 Å². The minimum atomic E-state index is 0.421. The molecular formula is C19H29N. The van der Waals surface area contributed by atoms with Gasteiger partial charge in [0, 0.05) is 6.04 Å². The minimum Gasteiger partial charge on any atom is -0.327 e. The molecule has 0 amide bonds. The van der Waals surface area contributed by atoms with E-state index in [4.69, 9.17) is 5.73 Å². The average Bonchev–Trinajstić information content (AvgIpc) is 2.77. The van der Waals surface area contributed by atoms with Crippen molar-refractivity contribution in [1.82, 2.24) is 0 Å². The van der Waals surface area contributed by atoms with Crippen LogP contribution in [0.5, 0.6) is 0 Å². The van der Waals surface area contributed by atoms with Crippen LogP contribution in [0.25, 0.3) is 0 Å². The second-order valence-electron chi connectivity index (χ2n) is 6.94. The predicted octanol–water partition coefficient (Wildman–Crippen LogP) is 4.79. The topological polar surface area (TPSA) is 26.0 Å². The van der Waals surface area contributed by atoms with Gasteiger partial charge >= 0.3 is 0 Å². The number of hydrogen-bond donors (Lipinski definition) is 1. The van der Waals surface area contributed by atoms with Crippen LogP contribution in [-0.4, -0.2) is 6.04 Å². The van der Waals surface area contributed by atoms with Crippen molar-refractivity contribution in [3.63, 3.8) is 0 Å². The van der Waals surface area contributed by atoms with Crippen molar-refractivity contribution < 1.29 is 0 Å². The van der Waals surface area contributed by atoms with Crippen molar-refractivity contribution >= 4 is 0 Å². The van der Waals surface area contributed by atoms with Crippen LogP contribution in [0.15, 0.2) is 24.3 Å².